The summed E-state index contributed by atoms with van der Waals surface area (Å²) in [5.74, 6) is 0.394. The number of ketones is 1. The van der Waals surface area contributed by atoms with Gasteiger partial charge in [-0.2, -0.15) is 13.2 Å². The van der Waals surface area contributed by atoms with Crippen LogP contribution in [-0.4, -0.2) is 12.3 Å². The van der Waals surface area contributed by atoms with Crippen LogP contribution in [0.25, 0.3) is 0 Å². The number of carbonyl (C=O) groups is 1. The maximum atomic E-state index is 12.6. The van der Waals surface area contributed by atoms with Gasteiger partial charge in [-0.25, -0.2) is 0 Å². The molecule has 0 saturated carbocycles. The van der Waals surface area contributed by atoms with E-state index < -0.39 is 11.7 Å². The first-order valence-electron chi connectivity index (χ1n) is 7.24. The van der Waals surface area contributed by atoms with Gasteiger partial charge in [0.15, 0.2) is 0 Å². The van der Waals surface area contributed by atoms with Gasteiger partial charge in [0.05, 0.1) is 5.56 Å². The normalized spacial score (nSPS) is 13.2. The standard InChI is InChI=1S/C16H22F3NO/c1-2-12(8-9-20)6-7-15(21)11-13-4-3-5-14(10-13)16(17,18)19/h3-5,10,12H,2,6-9,11,20H2,1H3. The van der Waals surface area contributed by atoms with Crippen LogP contribution in [0.2, 0.25) is 0 Å². The third-order valence-corrected chi connectivity index (χ3v) is 3.64. The third kappa shape index (κ3) is 6.29. The molecule has 1 aromatic carbocycles. The first-order chi connectivity index (χ1) is 9.86. The van der Waals surface area contributed by atoms with Crippen molar-refractivity contribution in [2.45, 2.75) is 45.2 Å². The lowest BCUT2D eigenvalue weighted by atomic mass is 9.94. The van der Waals surface area contributed by atoms with Gasteiger partial charge in [-0.3, -0.25) is 4.79 Å². The summed E-state index contributed by atoms with van der Waals surface area (Å²) < 4.78 is 37.8. The Morgan fingerprint density at radius 1 is 1.29 bits per heavy atom. The maximum Gasteiger partial charge on any atom is 0.416 e. The second-order valence-electron chi connectivity index (χ2n) is 5.30. The third-order valence-electron chi connectivity index (χ3n) is 3.64. The Morgan fingerprint density at radius 2 is 2.00 bits per heavy atom. The number of hydrogen-bond acceptors (Lipinski definition) is 2. The topological polar surface area (TPSA) is 43.1 Å². The van der Waals surface area contributed by atoms with E-state index in [9.17, 15) is 18.0 Å². The molecule has 21 heavy (non-hydrogen) atoms. The molecule has 0 spiro atoms. The first-order valence-corrected chi connectivity index (χ1v) is 7.24. The monoisotopic (exact) mass is 301 g/mol. The Bertz CT molecular complexity index is 457. The number of halogens is 3. The largest absolute Gasteiger partial charge is 0.416 e. The summed E-state index contributed by atoms with van der Waals surface area (Å²) in [6.45, 7) is 2.65. The second-order valence-corrected chi connectivity index (χ2v) is 5.30. The van der Waals surface area contributed by atoms with E-state index in [2.05, 4.69) is 6.92 Å². The molecule has 0 saturated heterocycles. The van der Waals surface area contributed by atoms with Crippen molar-refractivity contribution in [3.8, 4) is 0 Å². The summed E-state index contributed by atoms with van der Waals surface area (Å²) in [5, 5.41) is 0. The van der Waals surface area contributed by atoms with Crippen molar-refractivity contribution in [1.29, 1.82) is 0 Å². The van der Waals surface area contributed by atoms with Gasteiger partial charge in [-0.1, -0.05) is 31.5 Å². The fraction of sp³-hybridized carbons (Fsp3) is 0.562. The predicted octanol–water partition coefficient (Wildman–Crippen LogP) is 3.97. The summed E-state index contributed by atoms with van der Waals surface area (Å²) in [4.78, 5) is 11.9. The minimum atomic E-state index is -4.37. The molecule has 0 heterocycles. The van der Waals surface area contributed by atoms with Crippen LogP contribution < -0.4 is 5.73 Å². The van der Waals surface area contributed by atoms with Crippen molar-refractivity contribution in [1.82, 2.24) is 0 Å². The molecule has 0 aliphatic heterocycles. The Labute approximate surface area is 123 Å². The highest BCUT2D eigenvalue weighted by Crippen LogP contribution is 2.29. The zero-order chi connectivity index (χ0) is 15.9. The molecule has 1 atom stereocenters. The zero-order valence-electron chi connectivity index (χ0n) is 12.2. The average molecular weight is 301 g/mol. The molecule has 0 aromatic heterocycles. The number of Topliss-reactive ketones (excluding diaryl/α,β-unsaturated/α-hetero) is 1. The summed E-state index contributed by atoms with van der Waals surface area (Å²) in [6.07, 6.45) is -1.31. The lowest BCUT2D eigenvalue weighted by molar-refractivity contribution is -0.137. The molecule has 2 N–H and O–H groups in total. The molecule has 0 amide bonds. The smallest absolute Gasteiger partial charge is 0.330 e. The summed E-state index contributed by atoms with van der Waals surface area (Å²) in [6, 6.07) is 4.97. The van der Waals surface area contributed by atoms with Gasteiger partial charge in [0.25, 0.3) is 0 Å². The van der Waals surface area contributed by atoms with Crippen LogP contribution >= 0.6 is 0 Å². The van der Waals surface area contributed by atoms with Gasteiger partial charge < -0.3 is 5.73 Å². The first kappa shape index (κ1) is 17.7. The molecule has 1 aromatic rings. The minimum Gasteiger partial charge on any atom is -0.330 e. The Hall–Kier alpha value is -1.36. The number of hydrogen-bond donors (Lipinski definition) is 1. The summed E-state index contributed by atoms with van der Waals surface area (Å²) >= 11 is 0. The van der Waals surface area contributed by atoms with E-state index in [1.54, 1.807) is 6.07 Å². The number of nitrogens with two attached hydrogens (primary N) is 1. The van der Waals surface area contributed by atoms with Crippen molar-refractivity contribution in [3.05, 3.63) is 35.4 Å². The highest BCUT2D eigenvalue weighted by atomic mass is 19.4. The summed E-state index contributed by atoms with van der Waals surface area (Å²) in [7, 11) is 0. The van der Waals surface area contributed by atoms with E-state index in [4.69, 9.17) is 5.73 Å². The quantitative estimate of drug-likeness (QED) is 0.789. The SMILES string of the molecule is CCC(CCN)CCC(=O)Cc1cccc(C(F)(F)F)c1. The van der Waals surface area contributed by atoms with Crippen molar-refractivity contribution >= 4 is 5.78 Å². The van der Waals surface area contributed by atoms with Crippen LogP contribution in [0.1, 0.15) is 43.7 Å². The molecule has 0 aliphatic rings. The molecule has 1 unspecified atom stereocenters. The molecule has 2 nitrogen and oxygen atoms in total. The fourth-order valence-electron chi connectivity index (χ4n) is 2.33. The predicted molar refractivity (Wildman–Crippen MR) is 76.8 cm³/mol. The van der Waals surface area contributed by atoms with Crippen LogP contribution in [-0.2, 0) is 17.4 Å². The van der Waals surface area contributed by atoms with Gasteiger partial charge in [-0.05, 0) is 36.9 Å². The van der Waals surface area contributed by atoms with E-state index in [-0.39, 0.29) is 12.2 Å². The molecule has 5 heteroatoms. The Morgan fingerprint density at radius 3 is 2.57 bits per heavy atom. The molecular weight excluding hydrogens is 279 g/mol. The minimum absolute atomic E-state index is 0.0233. The van der Waals surface area contributed by atoms with Crippen molar-refractivity contribution in [2.24, 2.45) is 11.7 Å². The number of carbonyl (C=O) groups excluding carboxylic acids is 1. The molecular formula is C16H22F3NO. The molecule has 0 radical (unpaired) electrons. The van der Waals surface area contributed by atoms with E-state index in [0.717, 1.165) is 31.4 Å². The highest BCUT2D eigenvalue weighted by Gasteiger charge is 2.30. The Kier molecular flexibility index (Phi) is 6.89. The van der Waals surface area contributed by atoms with Crippen LogP contribution in [0.4, 0.5) is 13.2 Å². The van der Waals surface area contributed by atoms with Crippen molar-refractivity contribution < 1.29 is 18.0 Å². The van der Waals surface area contributed by atoms with Crippen molar-refractivity contribution in [2.75, 3.05) is 6.54 Å². The van der Waals surface area contributed by atoms with Gasteiger partial charge >= 0.3 is 6.18 Å². The summed E-state index contributed by atoms with van der Waals surface area (Å²) in [5.41, 5.74) is 5.21. The van der Waals surface area contributed by atoms with Gasteiger partial charge in [-0.15, -0.1) is 0 Å². The van der Waals surface area contributed by atoms with E-state index in [1.807, 2.05) is 0 Å². The maximum absolute atomic E-state index is 12.6. The Balaban J connectivity index is 2.55. The fourth-order valence-corrected chi connectivity index (χ4v) is 2.33. The van der Waals surface area contributed by atoms with Crippen molar-refractivity contribution in [3.63, 3.8) is 0 Å². The highest BCUT2D eigenvalue weighted by molar-refractivity contribution is 5.80. The molecule has 0 fully saturated rings. The van der Waals surface area contributed by atoms with Crippen LogP contribution in [0, 0.1) is 5.92 Å². The second kappa shape index (κ2) is 8.17. The van der Waals surface area contributed by atoms with E-state index >= 15 is 0 Å². The number of alkyl halides is 3. The van der Waals surface area contributed by atoms with Gasteiger partial charge in [0.2, 0.25) is 0 Å². The number of rotatable bonds is 8. The number of benzene rings is 1. The molecule has 1 rings (SSSR count). The van der Waals surface area contributed by atoms with Crippen LogP contribution in [0.3, 0.4) is 0 Å². The molecule has 0 bridgehead atoms. The lowest BCUT2D eigenvalue weighted by Gasteiger charge is -2.13. The average Bonchev–Trinajstić information content (AvgIpc) is 2.42. The van der Waals surface area contributed by atoms with Gasteiger partial charge in [0, 0.05) is 12.8 Å². The molecule has 118 valence electrons. The molecule has 0 aliphatic carbocycles. The van der Waals surface area contributed by atoms with E-state index in [1.165, 1.54) is 6.07 Å². The van der Waals surface area contributed by atoms with Gasteiger partial charge in [0.1, 0.15) is 5.78 Å². The zero-order valence-corrected chi connectivity index (χ0v) is 12.2. The lowest BCUT2D eigenvalue weighted by Crippen LogP contribution is -2.11. The van der Waals surface area contributed by atoms with Crippen LogP contribution in [0.5, 0.6) is 0 Å². The van der Waals surface area contributed by atoms with E-state index in [0.29, 0.717) is 24.4 Å². The van der Waals surface area contributed by atoms with Crippen LogP contribution in [0.15, 0.2) is 24.3 Å².